The second-order valence-corrected chi connectivity index (χ2v) is 7.33. The summed E-state index contributed by atoms with van der Waals surface area (Å²) < 4.78 is 0.817. The van der Waals surface area contributed by atoms with Crippen LogP contribution >= 0.6 is 24.0 Å². The highest BCUT2D eigenvalue weighted by atomic mass is 32.2. The molecule has 0 aromatic carbocycles. The Hall–Kier alpha value is -0.660. The maximum atomic E-state index is 11.6. The number of nitrogens with zero attached hydrogens (tertiary/aromatic N) is 4. The van der Waals surface area contributed by atoms with Gasteiger partial charge in [-0.25, -0.2) is 0 Å². The molecule has 0 atom stereocenters. The monoisotopic (exact) mass is 312 g/mol. The third-order valence-corrected chi connectivity index (χ3v) is 5.42. The van der Waals surface area contributed by atoms with Crippen LogP contribution in [0.5, 0.6) is 0 Å². The SMILES string of the molecule is CC1CCN(CN2C(=S)SC3=NC(=O)CCCN32)CC1. The van der Waals surface area contributed by atoms with E-state index in [0.29, 0.717) is 6.42 Å². The van der Waals surface area contributed by atoms with Gasteiger partial charge in [-0.3, -0.25) is 19.7 Å². The summed E-state index contributed by atoms with van der Waals surface area (Å²) in [6.07, 6.45) is 3.91. The fourth-order valence-electron chi connectivity index (χ4n) is 2.75. The molecule has 5 nitrogen and oxygen atoms in total. The summed E-state index contributed by atoms with van der Waals surface area (Å²) in [5, 5.41) is 4.98. The van der Waals surface area contributed by atoms with Gasteiger partial charge in [-0.15, -0.1) is 0 Å². The van der Waals surface area contributed by atoms with E-state index in [2.05, 4.69) is 26.8 Å². The standard InChI is InChI=1S/C13H20N4OS2/c1-10-4-7-15(8-5-10)9-17-13(19)20-12-14-11(18)3-2-6-16(12)17/h10H,2-9H2,1H3. The highest BCUT2D eigenvalue weighted by Crippen LogP contribution is 2.29. The number of hydrogen-bond donors (Lipinski definition) is 0. The van der Waals surface area contributed by atoms with Gasteiger partial charge in [0.05, 0.1) is 6.67 Å². The zero-order valence-electron chi connectivity index (χ0n) is 11.7. The number of thioether (sulfide) groups is 1. The average Bonchev–Trinajstić information content (AvgIpc) is 2.58. The van der Waals surface area contributed by atoms with Crippen LogP contribution in [-0.4, -0.2) is 56.6 Å². The molecule has 0 bridgehead atoms. The summed E-state index contributed by atoms with van der Waals surface area (Å²) >= 11 is 6.91. The van der Waals surface area contributed by atoms with E-state index in [-0.39, 0.29) is 5.91 Å². The van der Waals surface area contributed by atoms with Gasteiger partial charge in [0.1, 0.15) is 0 Å². The second-order valence-electron chi connectivity index (χ2n) is 5.72. The van der Waals surface area contributed by atoms with Crippen molar-refractivity contribution in [2.75, 3.05) is 26.3 Å². The topological polar surface area (TPSA) is 39.1 Å². The van der Waals surface area contributed by atoms with Crippen molar-refractivity contribution in [3.63, 3.8) is 0 Å². The number of piperidine rings is 1. The third kappa shape index (κ3) is 2.99. The van der Waals surface area contributed by atoms with Crippen molar-refractivity contribution >= 4 is 39.4 Å². The largest absolute Gasteiger partial charge is 0.284 e. The molecule has 3 aliphatic rings. The maximum Gasteiger partial charge on any atom is 0.248 e. The van der Waals surface area contributed by atoms with Crippen LogP contribution in [0.1, 0.15) is 32.6 Å². The fraction of sp³-hybridized carbons (Fsp3) is 0.769. The lowest BCUT2D eigenvalue weighted by Crippen LogP contribution is -2.48. The lowest BCUT2D eigenvalue weighted by atomic mass is 10.00. The number of rotatable bonds is 2. The molecule has 0 aromatic rings. The van der Waals surface area contributed by atoms with Crippen molar-refractivity contribution in [3.05, 3.63) is 0 Å². The highest BCUT2D eigenvalue weighted by molar-refractivity contribution is 8.33. The van der Waals surface area contributed by atoms with Crippen molar-refractivity contribution in [3.8, 4) is 0 Å². The minimum Gasteiger partial charge on any atom is -0.284 e. The van der Waals surface area contributed by atoms with Crippen LogP contribution in [-0.2, 0) is 4.79 Å². The molecular weight excluding hydrogens is 292 g/mol. The van der Waals surface area contributed by atoms with Gasteiger partial charge >= 0.3 is 0 Å². The van der Waals surface area contributed by atoms with Crippen LogP contribution in [0.4, 0.5) is 0 Å². The lowest BCUT2D eigenvalue weighted by molar-refractivity contribution is -0.117. The number of amidine groups is 1. The molecule has 3 heterocycles. The van der Waals surface area contributed by atoms with Gasteiger partial charge in [-0.1, -0.05) is 19.1 Å². The Morgan fingerprint density at radius 1 is 1.35 bits per heavy atom. The van der Waals surface area contributed by atoms with E-state index < -0.39 is 0 Å². The third-order valence-electron chi connectivity index (χ3n) is 4.09. The smallest absolute Gasteiger partial charge is 0.248 e. The molecule has 0 N–H and O–H groups in total. The van der Waals surface area contributed by atoms with Crippen LogP contribution in [0.15, 0.2) is 4.99 Å². The number of amides is 1. The summed E-state index contributed by atoms with van der Waals surface area (Å²) in [5.74, 6) is 0.811. The van der Waals surface area contributed by atoms with Crippen molar-refractivity contribution in [2.24, 2.45) is 10.9 Å². The first-order valence-electron chi connectivity index (χ1n) is 7.24. The number of aliphatic imine (C=N–C) groups is 1. The molecule has 0 saturated carbocycles. The zero-order chi connectivity index (χ0) is 14.1. The van der Waals surface area contributed by atoms with Crippen molar-refractivity contribution in [1.29, 1.82) is 0 Å². The Kier molecular flexibility index (Phi) is 4.28. The van der Waals surface area contributed by atoms with E-state index in [0.717, 1.165) is 48.1 Å². The first kappa shape index (κ1) is 14.3. The molecule has 1 amide bonds. The molecule has 0 spiro atoms. The molecule has 3 rings (SSSR count). The molecule has 3 aliphatic heterocycles. The van der Waals surface area contributed by atoms with E-state index in [1.54, 1.807) is 0 Å². The number of carbonyl (C=O) groups excluding carboxylic acids is 1. The summed E-state index contributed by atoms with van der Waals surface area (Å²) in [6, 6.07) is 0. The molecule has 2 fully saturated rings. The molecule has 2 saturated heterocycles. The van der Waals surface area contributed by atoms with Gasteiger partial charge in [-0.2, -0.15) is 4.99 Å². The minimum atomic E-state index is -0.0218. The number of likely N-dealkylation sites (tertiary alicyclic amines) is 1. The minimum absolute atomic E-state index is 0.0218. The van der Waals surface area contributed by atoms with Gasteiger partial charge in [0.15, 0.2) is 9.49 Å². The Morgan fingerprint density at radius 3 is 2.85 bits per heavy atom. The van der Waals surface area contributed by atoms with Crippen LogP contribution in [0.25, 0.3) is 0 Å². The number of carbonyl (C=O) groups is 1. The number of fused-ring (bicyclic) bond motifs is 1. The average molecular weight is 312 g/mol. The Balaban J connectivity index is 1.68. The Bertz CT molecular complexity index is 446. The molecule has 0 radical (unpaired) electrons. The number of hydrazine groups is 1. The first-order valence-corrected chi connectivity index (χ1v) is 8.46. The van der Waals surface area contributed by atoms with Gasteiger partial charge in [0.2, 0.25) is 5.91 Å². The summed E-state index contributed by atoms with van der Waals surface area (Å²) in [5.41, 5.74) is 0. The first-order chi connectivity index (χ1) is 9.63. The summed E-state index contributed by atoms with van der Waals surface area (Å²) in [4.78, 5) is 18.2. The lowest BCUT2D eigenvalue weighted by Gasteiger charge is -2.37. The van der Waals surface area contributed by atoms with E-state index in [9.17, 15) is 4.79 Å². The van der Waals surface area contributed by atoms with E-state index in [4.69, 9.17) is 12.2 Å². The van der Waals surface area contributed by atoms with Crippen molar-refractivity contribution < 1.29 is 4.79 Å². The van der Waals surface area contributed by atoms with E-state index in [1.807, 2.05) is 0 Å². The Labute approximate surface area is 129 Å². The van der Waals surface area contributed by atoms with Crippen LogP contribution in [0, 0.1) is 5.92 Å². The normalized spacial score (nSPS) is 25.8. The van der Waals surface area contributed by atoms with Gasteiger partial charge in [-0.05, 0) is 36.9 Å². The maximum absolute atomic E-state index is 11.6. The zero-order valence-corrected chi connectivity index (χ0v) is 13.4. The van der Waals surface area contributed by atoms with E-state index >= 15 is 0 Å². The molecule has 7 heteroatoms. The highest BCUT2D eigenvalue weighted by Gasteiger charge is 2.35. The summed E-state index contributed by atoms with van der Waals surface area (Å²) in [6.45, 7) is 6.24. The quantitative estimate of drug-likeness (QED) is 0.725. The molecule has 0 aliphatic carbocycles. The van der Waals surface area contributed by atoms with Crippen molar-refractivity contribution in [2.45, 2.75) is 32.6 Å². The Morgan fingerprint density at radius 2 is 2.10 bits per heavy atom. The van der Waals surface area contributed by atoms with Crippen LogP contribution < -0.4 is 0 Å². The summed E-state index contributed by atoms with van der Waals surface area (Å²) in [7, 11) is 0. The molecule has 110 valence electrons. The molecule has 0 aromatic heterocycles. The predicted molar refractivity (Wildman–Crippen MR) is 85.2 cm³/mol. The van der Waals surface area contributed by atoms with Gasteiger partial charge in [0.25, 0.3) is 0 Å². The number of hydrogen-bond acceptors (Lipinski definition) is 5. The fourth-order valence-corrected chi connectivity index (χ4v) is 3.99. The van der Waals surface area contributed by atoms with Gasteiger partial charge < -0.3 is 0 Å². The van der Waals surface area contributed by atoms with Crippen molar-refractivity contribution in [1.82, 2.24) is 14.9 Å². The van der Waals surface area contributed by atoms with Crippen LogP contribution in [0.2, 0.25) is 0 Å². The van der Waals surface area contributed by atoms with E-state index in [1.165, 1.54) is 24.6 Å². The molecule has 0 unspecified atom stereocenters. The number of thiocarbonyl (C=S) groups is 1. The van der Waals surface area contributed by atoms with Crippen LogP contribution in [0.3, 0.4) is 0 Å². The molecular formula is C13H20N4OS2. The second kappa shape index (κ2) is 5.99. The molecule has 20 heavy (non-hydrogen) atoms. The predicted octanol–water partition coefficient (Wildman–Crippen LogP) is 1.90. The van der Waals surface area contributed by atoms with Gasteiger partial charge in [0, 0.05) is 26.1 Å².